The summed E-state index contributed by atoms with van der Waals surface area (Å²) in [4.78, 5) is 4.14. The number of halogens is 1. The molecule has 0 amide bonds. The van der Waals surface area contributed by atoms with Gasteiger partial charge in [0.05, 0.1) is 7.11 Å². The van der Waals surface area contributed by atoms with Crippen LogP contribution in [0.1, 0.15) is 44.2 Å². The minimum Gasteiger partial charge on any atom is -0.481 e. The standard InChI is InChI=1S/C12H20N2O.ClH/c1-3-4-5-6-11(13)10-7-8-12(15-2)14-9-10;/h7-9,11H,3-6,13H2,1-2H3;1H/t11-;/m1./s1. The molecule has 0 unspecified atom stereocenters. The van der Waals surface area contributed by atoms with E-state index in [1.807, 2.05) is 12.1 Å². The first-order valence-corrected chi connectivity index (χ1v) is 5.53. The Hall–Kier alpha value is -0.800. The number of pyridine rings is 1. The Morgan fingerprint density at radius 3 is 2.62 bits per heavy atom. The van der Waals surface area contributed by atoms with Gasteiger partial charge in [-0.15, -0.1) is 12.4 Å². The minimum absolute atomic E-state index is 0. The maximum atomic E-state index is 6.05. The summed E-state index contributed by atoms with van der Waals surface area (Å²) < 4.78 is 5.00. The molecule has 0 bridgehead atoms. The Bertz CT molecular complexity index is 277. The molecule has 0 radical (unpaired) electrons. The molecule has 0 saturated heterocycles. The fourth-order valence-corrected chi connectivity index (χ4v) is 1.51. The normalized spacial score (nSPS) is 11.7. The summed E-state index contributed by atoms with van der Waals surface area (Å²) >= 11 is 0. The number of aromatic nitrogens is 1. The number of rotatable bonds is 6. The summed E-state index contributed by atoms with van der Waals surface area (Å²) in [6, 6.07) is 3.95. The first kappa shape index (κ1) is 15.2. The molecule has 0 aliphatic rings. The number of unbranched alkanes of at least 4 members (excludes halogenated alkanes) is 2. The van der Waals surface area contributed by atoms with E-state index in [-0.39, 0.29) is 18.4 Å². The molecule has 0 saturated carbocycles. The molecule has 3 nitrogen and oxygen atoms in total. The van der Waals surface area contributed by atoms with Crippen molar-refractivity contribution in [2.75, 3.05) is 7.11 Å². The zero-order valence-electron chi connectivity index (χ0n) is 9.98. The van der Waals surface area contributed by atoms with E-state index in [1.165, 1.54) is 19.3 Å². The van der Waals surface area contributed by atoms with Crippen molar-refractivity contribution in [1.82, 2.24) is 4.98 Å². The largest absolute Gasteiger partial charge is 0.481 e. The molecule has 92 valence electrons. The molecule has 4 heteroatoms. The third kappa shape index (κ3) is 4.81. The number of nitrogens with two attached hydrogens (primary N) is 1. The van der Waals surface area contributed by atoms with Gasteiger partial charge in [-0.2, -0.15) is 0 Å². The molecule has 1 atom stereocenters. The summed E-state index contributed by atoms with van der Waals surface area (Å²) in [7, 11) is 1.61. The summed E-state index contributed by atoms with van der Waals surface area (Å²) in [5.41, 5.74) is 7.14. The van der Waals surface area contributed by atoms with Gasteiger partial charge in [0.2, 0.25) is 5.88 Å². The quantitative estimate of drug-likeness (QED) is 0.783. The van der Waals surface area contributed by atoms with Crippen LogP contribution in [0.25, 0.3) is 0 Å². The van der Waals surface area contributed by atoms with Crippen LogP contribution in [0.15, 0.2) is 18.3 Å². The molecule has 0 spiro atoms. The van der Waals surface area contributed by atoms with E-state index in [9.17, 15) is 0 Å². The topological polar surface area (TPSA) is 48.1 Å². The number of methoxy groups -OCH3 is 1. The average Bonchev–Trinajstić information content (AvgIpc) is 2.29. The van der Waals surface area contributed by atoms with Crippen molar-refractivity contribution in [1.29, 1.82) is 0 Å². The minimum atomic E-state index is 0. The van der Waals surface area contributed by atoms with Gasteiger partial charge < -0.3 is 10.5 Å². The van der Waals surface area contributed by atoms with Crippen LogP contribution >= 0.6 is 12.4 Å². The Balaban J connectivity index is 0.00000225. The third-order valence-electron chi connectivity index (χ3n) is 2.52. The van der Waals surface area contributed by atoms with Gasteiger partial charge in [-0.05, 0) is 12.0 Å². The second-order valence-corrected chi connectivity index (χ2v) is 3.74. The van der Waals surface area contributed by atoms with E-state index in [0.29, 0.717) is 5.88 Å². The lowest BCUT2D eigenvalue weighted by molar-refractivity contribution is 0.397. The zero-order chi connectivity index (χ0) is 11.1. The van der Waals surface area contributed by atoms with Crippen LogP contribution in [0.2, 0.25) is 0 Å². The molecule has 2 N–H and O–H groups in total. The van der Waals surface area contributed by atoms with Gasteiger partial charge >= 0.3 is 0 Å². The van der Waals surface area contributed by atoms with Gasteiger partial charge in [-0.1, -0.05) is 32.3 Å². The SMILES string of the molecule is CCCCC[C@@H](N)c1ccc(OC)nc1.Cl. The van der Waals surface area contributed by atoms with Crippen LogP contribution < -0.4 is 10.5 Å². The van der Waals surface area contributed by atoms with Crippen molar-refractivity contribution in [3.8, 4) is 5.88 Å². The maximum absolute atomic E-state index is 6.05. The Morgan fingerprint density at radius 1 is 1.38 bits per heavy atom. The molecule has 0 aliphatic carbocycles. The van der Waals surface area contributed by atoms with Crippen LogP contribution in [0, 0.1) is 0 Å². The number of hydrogen-bond donors (Lipinski definition) is 1. The number of hydrogen-bond acceptors (Lipinski definition) is 3. The van der Waals surface area contributed by atoms with Gasteiger partial charge in [0.1, 0.15) is 0 Å². The highest BCUT2D eigenvalue weighted by Crippen LogP contribution is 2.18. The van der Waals surface area contributed by atoms with Crippen molar-refractivity contribution in [2.45, 2.75) is 38.6 Å². The molecule has 16 heavy (non-hydrogen) atoms. The lowest BCUT2D eigenvalue weighted by Crippen LogP contribution is -2.10. The van der Waals surface area contributed by atoms with Gasteiger partial charge in [0, 0.05) is 18.3 Å². The molecular formula is C12H21ClN2O. The fourth-order valence-electron chi connectivity index (χ4n) is 1.51. The van der Waals surface area contributed by atoms with E-state index in [4.69, 9.17) is 10.5 Å². The molecular weight excluding hydrogens is 224 g/mol. The van der Waals surface area contributed by atoms with Gasteiger partial charge in [0.15, 0.2) is 0 Å². The zero-order valence-corrected chi connectivity index (χ0v) is 10.8. The van der Waals surface area contributed by atoms with Gasteiger partial charge in [0.25, 0.3) is 0 Å². The van der Waals surface area contributed by atoms with Crippen molar-refractivity contribution >= 4 is 12.4 Å². The van der Waals surface area contributed by atoms with Crippen molar-refractivity contribution in [3.63, 3.8) is 0 Å². The summed E-state index contributed by atoms with van der Waals surface area (Å²) in [6.07, 6.45) is 6.49. The smallest absolute Gasteiger partial charge is 0.212 e. The number of nitrogens with zero attached hydrogens (tertiary/aromatic N) is 1. The van der Waals surface area contributed by atoms with Crippen LogP contribution in [0.4, 0.5) is 0 Å². The number of ether oxygens (including phenoxy) is 1. The third-order valence-corrected chi connectivity index (χ3v) is 2.52. The molecule has 0 aliphatic heterocycles. The van der Waals surface area contributed by atoms with Crippen molar-refractivity contribution in [3.05, 3.63) is 23.9 Å². The summed E-state index contributed by atoms with van der Waals surface area (Å²) in [6.45, 7) is 2.19. The fraction of sp³-hybridized carbons (Fsp3) is 0.583. The highest BCUT2D eigenvalue weighted by Gasteiger charge is 2.05. The van der Waals surface area contributed by atoms with Crippen LogP contribution in [0.3, 0.4) is 0 Å². The Morgan fingerprint density at radius 2 is 2.12 bits per heavy atom. The molecule has 1 heterocycles. The maximum Gasteiger partial charge on any atom is 0.212 e. The summed E-state index contributed by atoms with van der Waals surface area (Å²) in [5, 5.41) is 0. The van der Waals surface area contributed by atoms with E-state index >= 15 is 0 Å². The molecule has 1 aromatic rings. The van der Waals surface area contributed by atoms with Crippen LogP contribution in [-0.2, 0) is 0 Å². The first-order chi connectivity index (χ1) is 7.27. The van der Waals surface area contributed by atoms with Crippen molar-refractivity contribution < 1.29 is 4.74 Å². The monoisotopic (exact) mass is 244 g/mol. The molecule has 0 fully saturated rings. The van der Waals surface area contributed by atoms with Crippen molar-refractivity contribution in [2.24, 2.45) is 5.73 Å². The van der Waals surface area contributed by atoms with E-state index in [0.717, 1.165) is 12.0 Å². The second-order valence-electron chi connectivity index (χ2n) is 3.74. The molecule has 1 aromatic heterocycles. The predicted molar refractivity (Wildman–Crippen MR) is 69.1 cm³/mol. The van der Waals surface area contributed by atoms with Gasteiger partial charge in [-0.3, -0.25) is 0 Å². The lowest BCUT2D eigenvalue weighted by atomic mass is 10.0. The molecule has 0 aromatic carbocycles. The highest BCUT2D eigenvalue weighted by atomic mass is 35.5. The first-order valence-electron chi connectivity index (χ1n) is 5.53. The molecule has 1 rings (SSSR count). The summed E-state index contributed by atoms with van der Waals surface area (Å²) in [5.74, 6) is 0.638. The van der Waals surface area contributed by atoms with E-state index in [1.54, 1.807) is 13.3 Å². The predicted octanol–water partition coefficient (Wildman–Crippen LogP) is 3.09. The lowest BCUT2D eigenvalue weighted by Gasteiger charge is -2.11. The Kier molecular flexibility index (Phi) is 7.95. The average molecular weight is 245 g/mol. The van der Waals surface area contributed by atoms with E-state index in [2.05, 4.69) is 11.9 Å². The van der Waals surface area contributed by atoms with Gasteiger partial charge in [-0.25, -0.2) is 4.98 Å². The highest BCUT2D eigenvalue weighted by molar-refractivity contribution is 5.85. The Labute approximate surface area is 104 Å². The van der Waals surface area contributed by atoms with E-state index < -0.39 is 0 Å². The second kappa shape index (κ2) is 8.36. The van der Waals surface area contributed by atoms with Crippen LogP contribution in [0.5, 0.6) is 5.88 Å². The van der Waals surface area contributed by atoms with Crippen LogP contribution in [-0.4, -0.2) is 12.1 Å².